The SMILES string of the molecule is COc1ccc(C[C@@H]2NC(=O)[C@@H]3CCC/C=C\CO[C@H]4C[C@@H](C(=O)N3)N(C4)C(=O)[C@H](Cc3c[nH]c4ccc(F)cc34)NC(=O)[C@H](Cc3c[nH]c4ccc(F)cc34)NC(=O)[C@@H](C)NC(=O)[C@H](CCCCN)NC(=O)CCSCc3cccc(c3)CSC[C@@H](C(N)=O)NC(=O)[C@]3(C)CCCN3C2=O)cc1. The average Bonchev–Trinajstić information content (AvgIpc) is 1.70. The number of benzene rings is 4. The molecule has 2 saturated heterocycles. The number of methoxy groups -OCH3 is 1. The van der Waals surface area contributed by atoms with E-state index in [-0.39, 0.29) is 76.8 Å². The third-order valence-electron chi connectivity index (χ3n) is 19.4. The Kier molecular flexibility index (Phi) is 26.5. The zero-order valence-electron chi connectivity index (χ0n) is 58.0. The van der Waals surface area contributed by atoms with Crippen molar-refractivity contribution in [1.82, 2.24) is 57.0 Å². The second-order valence-corrected chi connectivity index (χ2v) is 29.0. The molecule has 4 aromatic carbocycles. The highest BCUT2D eigenvalue weighted by atomic mass is 32.2. The van der Waals surface area contributed by atoms with Gasteiger partial charge >= 0.3 is 0 Å². The van der Waals surface area contributed by atoms with Crippen LogP contribution < -0.4 is 53.4 Å². The Morgan fingerprint density at radius 3 is 2.02 bits per heavy atom. The normalized spacial score (nSPS) is 25.8. The molecule has 13 N–H and O–H groups in total. The minimum atomic E-state index is -1.58. The van der Waals surface area contributed by atoms with E-state index in [1.54, 1.807) is 49.7 Å². The van der Waals surface area contributed by atoms with Crippen molar-refractivity contribution in [3.8, 4) is 5.75 Å². The maximum atomic E-state index is 15.8. The summed E-state index contributed by atoms with van der Waals surface area (Å²) < 4.78 is 41.9. The van der Waals surface area contributed by atoms with Crippen LogP contribution in [-0.2, 0) is 83.5 Å². The summed E-state index contributed by atoms with van der Waals surface area (Å²) in [6, 6.07) is 12.0. The van der Waals surface area contributed by atoms with Gasteiger partial charge in [-0.25, -0.2) is 8.78 Å². The van der Waals surface area contributed by atoms with Gasteiger partial charge in [0, 0.05) is 102 Å². The molecule has 10 atom stereocenters. The van der Waals surface area contributed by atoms with Crippen molar-refractivity contribution in [3.63, 3.8) is 0 Å². The molecule has 4 aliphatic rings. The van der Waals surface area contributed by atoms with Crippen molar-refractivity contribution >= 4 is 104 Å². The number of rotatable bonds is 12. The van der Waals surface area contributed by atoms with Crippen molar-refractivity contribution < 1.29 is 66.2 Å². The second-order valence-electron chi connectivity index (χ2n) is 26.9. The number of ether oxygens (including phenoxy) is 2. The van der Waals surface area contributed by atoms with Crippen LogP contribution in [0.3, 0.4) is 0 Å². The number of H-pyrrole nitrogens is 2. The number of aromatic nitrogens is 2. The summed E-state index contributed by atoms with van der Waals surface area (Å²) >= 11 is 2.87. The topological polar surface area (TPSA) is 363 Å². The quantitative estimate of drug-likeness (QED) is 0.0586. The highest BCUT2D eigenvalue weighted by Gasteiger charge is 2.49. The summed E-state index contributed by atoms with van der Waals surface area (Å²) in [5.41, 5.74) is 14.6. The fourth-order valence-corrected chi connectivity index (χ4v) is 15.5. The van der Waals surface area contributed by atoms with Crippen LogP contribution in [0.1, 0.15) is 106 Å². The molecule has 0 spiro atoms. The molecule has 0 aliphatic carbocycles. The predicted molar refractivity (Wildman–Crippen MR) is 387 cm³/mol. The van der Waals surface area contributed by atoms with Gasteiger partial charge in [0.2, 0.25) is 59.1 Å². The molecule has 0 unspecified atom stereocenters. The van der Waals surface area contributed by atoms with Crippen LogP contribution in [0.4, 0.5) is 8.78 Å². The number of fused-ring (bicyclic) bond motifs is 8. The maximum Gasteiger partial charge on any atom is 0.246 e. The van der Waals surface area contributed by atoms with Gasteiger partial charge in [0.05, 0.1) is 19.8 Å². The van der Waals surface area contributed by atoms with Gasteiger partial charge in [-0.15, -0.1) is 0 Å². The smallest absolute Gasteiger partial charge is 0.246 e. The summed E-state index contributed by atoms with van der Waals surface area (Å²) in [7, 11) is 1.51. The number of thioether (sulfide) groups is 2. The molecule has 10 rings (SSSR count). The summed E-state index contributed by atoms with van der Waals surface area (Å²) in [5, 5.41) is 20.6. The van der Waals surface area contributed by atoms with E-state index >= 15 is 32.8 Å². The molecule has 0 radical (unpaired) electrons. The molecule has 2 fully saturated rings. The number of hydrogen-bond donors (Lipinski definition) is 11. The van der Waals surface area contributed by atoms with E-state index in [0.717, 1.165) is 11.1 Å². The molecule has 550 valence electrons. The number of halogens is 2. The number of carbonyl (C=O) groups is 10. The van der Waals surface area contributed by atoms with Crippen molar-refractivity contribution in [2.75, 3.05) is 44.9 Å². The number of unbranched alkanes of at least 4 members (excludes halogenated alkanes) is 1. The number of aromatic amines is 2. The van der Waals surface area contributed by atoms with E-state index in [4.69, 9.17) is 20.9 Å². The number of primary amides is 1. The Morgan fingerprint density at radius 2 is 1.34 bits per heavy atom. The van der Waals surface area contributed by atoms with E-state index in [9.17, 15) is 24.0 Å². The zero-order valence-corrected chi connectivity index (χ0v) is 59.6. The van der Waals surface area contributed by atoms with Crippen LogP contribution in [-0.4, -0.2) is 184 Å². The predicted octanol–water partition coefficient (Wildman–Crippen LogP) is 4.67. The van der Waals surface area contributed by atoms with E-state index in [1.165, 1.54) is 83.8 Å². The van der Waals surface area contributed by atoms with Crippen LogP contribution in [0.2, 0.25) is 0 Å². The van der Waals surface area contributed by atoms with Crippen molar-refractivity contribution in [2.45, 2.75) is 169 Å². The van der Waals surface area contributed by atoms with Gasteiger partial charge in [0.25, 0.3) is 0 Å². The molecule has 5 bridgehead atoms. The van der Waals surface area contributed by atoms with Crippen LogP contribution in [0.15, 0.2) is 109 Å². The summed E-state index contributed by atoms with van der Waals surface area (Å²) in [6.07, 6.45) is 7.96. The minimum absolute atomic E-state index is 0.0379. The number of carbonyl (C=O) groups excluding carboxylic acids is 10. The third-order valence-corrected chi connectivity index (χ3v) is 21.5. The number of nitrogens with zero attached hydrogens (tertiary/aromatic N) is 2. The molecule has 4 aliphatic heterocycles. The number of allylic oxidation sites excluding steroid dienone is 1. The molecule has 29 heteroatoms. The summed E-state index contributed by atoms with van der Waals surface area (Å²) in [5.74, 6) is -6.39. The highest BCUT2D eigenvalue weighted by molar-refractivity contribution is 7.98. The number of amides is 10. The molecule has 103 heavy (non-hydrogen) atoms. The highest BCUT2D eigenvalue weighted by Crippen LogP contribution is 2.33. The molecule has 25 nitrogen and oxygen atoms in total. The first kappa shape index (κ1) is 76.3. The fraction of sp³-hybridized carbons (Fsp3) is 0.459. The van der Waals surface area contributed by atoms with Gasteiger partial charge < -0.3 is 77.9 Å². The molecular formula is C74H91F2N13O12S2. The van der Waals surface area contributed by atoms with Crippen LogP contribution >= 0.6 is 23.5 Å². The molecule has 6 aromatic rings. The van der Waals surface area contributed by atoms with Crippen molar-refractivity contribution in [3.05, 3.63) is 149 Å². The van der Waals surface area contributed by atoms with E-state index in [2.05, 4.69) is 47.2 Å². The van der Waals surface area contributed by atoms with Gasteiger partial charge in [-0.3, -0.25) is 47.9 Å². The van der Waals surface area contributed by atoms with Crippen LogP contribution in [0.5, 0.6) is 5.75 Å². The van der Waals surface area contributed by atoms with Crippen LogP contribution in [0.25, 0.3) is 21.8 Å². The van der Waals surface area contributed by atoms with Gasteiger partial charge in [-0.1, -0.05) is 48.6 Å². The summed E-state index contributed by atoms with van der Waals surface area (Å²) in [4.78, 5) is 156. The Labute approximate surface area is 604 Å². The lowest BCUT2D eigenvalue weighted by molar-refractivity contribution is -0.147. The van der Waals surface area contributed by atoms with E-state index in [1.807, 2.05) is 30.3 Å². The third kappa shape index (κ3) is 19.9. The Bertz CT molecular complexity index is 4100. The van der Waals surface area contributed by atoms with Crippen molar-refractivity contribution in [2.24, 2.45) is 11.5 Å². The van der Waals surface area contributed by atoms with Gasteiger partial charge in [0.1, 0.15) is 71.3 Å². The first-order valence-corrected chi connectivity index (χ1v) is 37.3. The average molecular weight is 1460 g/mol. The largest absolute Gasteiger partial charge is 0.497 e. The minimum Gasteiger partial charge on any atom is -0.497 e. The monoisotopic (exact) mass is 1460 g/mol. The van der Waals surface area contributed by atoms with E-state index in [0.29, 0.717) is 100 Å². The number of hydrogen-bond acceptors (Lipinski definition) is 15. The first-order valence-electron chi connectivity index (χ1n) is 34.9. The number of nitrogens with one attached hydrogen (secondary N) is 9. The Hall–Kier alpha value is -9.32. The van der Waals surface area contributed by atoms with Crippen molar-refractivity contribution in [1.29, 1.82) is 0 Å². The molecule has 0 saturated carbocycles. The second kappa shape index (κ2) is 35.7. The first-order chi connectivity index (χ1) is 49.6. The maximum absolute atomic E-state index is 15.8. The Balaban J connectivity index is 0.999. The Morgan fingerprint density at radius 1 is 0.689 bits per heavy atom. The van der Waals surface area contributed by atoms with Gasteiger partial charge in [0.15, 0.2) is 0 Å². The lowest BCUT2D eigenvalue weighted by Crippen LogP contribution is -2.63. The lowest BCUT2D eigenvalue weighted by Gasteiger charge is -2.37. The summed E-state index contributed by atoms with van der Waals surface area (Å²) in [6.45, 7) is 3.35. The lowest BCUT2D eigenvalue weighted by atomic mass is 9.95. The molecule has 6 heterocycles. The molecular weight excluding hydrogens is 1370 g/mol. The number of nitrogens with two attached hydrogens (primary N) is 2. The standard InChI is InChI=1S/C74H91F2N13O12S2/c1-43-66(92)84-59(32-47-37-79-55-22-18-49(75)34-53(47)55)69(95)86-61(33-48-38-80-56-23-19-50(76)35-54(48)56)71(97)88-39-52-36-63(88)70(96)83-58(14-6-4-5-9-28-101-52)68(94)85-60(31-44-16-20-51(100-3)21-17-44)72(98)89-27-11-25-74(89,2)73(99)87-62(65(78)91)42-103-41-46-13-10-12-45(30-46)40-102-29-24-64(90)82-57(67(93)81-43)15-7-8-26-77/h5,9-10,12-13,16-23,30,34-35,37-38,43,52,57-63,79-80H,4,6-8,11,14-15,24-29,31-33,36,39-42,77H2,1-3H3,(H2,78,91)(H,81,93)(H,82,90)(H,83,96)(H,84,92)(H,85,94)(H,86,95)(H,87,99)/b9-5-/t43-,52+,57+,58+,59+,60+,61+,62+,63+,74+/m1/s1. The van der Waals surface area contributed by atoms with E-state index < -0.39 is 131 Å². The molecule has 10 amide bonds. The van der Waals surface area contributed by atoms with Crippen LogP contribution in [0, 0.1) is 11.6 Å². The fourth-order valence-electron chi connectivity index (χ4n) is 13.6. The van der Waals surface area contributed by atoms with Gasteiger partial charge in [-0.05, 0) is 148 Å². The van der Waals surface area contributed by atoms with Gasteiger partial charge in [-0.2, -0.15) is 23.5 Å². The zero-order chi connectivity index (χ0) is 73.3. The molecule has 2 aromatic heterocycles.